The third-order valence-electron chi connectivity index (χ3n) is 1.77. The van der Waals surface area contributed by atoms with Crippen LogP contribution in [0, 0.1) is 6.92 Å². The molecule has 0 aliphatic rings. The zero-order valence-corrected chi connectivity index (χ0v) is 7.73. The van der Waals surface area contributed by atoms with E-state index in [0.717, 1.165) is 17.3 Å². The molecule has 3 heteroatoms. The Balaban J connectivity index is 2.63. The Kier molecular flexibility index (Phi) is 2.94. The van der Waals surface area contributed by atoms with Crippen molar-refractivity contribution in [2.75, 3.05) is 0 Å². The summed E-state index contributed by atoms with van der Waals surface area (Å²) in [6.07, 6.45) is 4.06. The lowest BCUT2D eigenvalue weighted by Gasteiger charge is -2.01. The van der Waals surface area contributed by atoms with Crippen molar-refractivity contribution in [1.82, 2.24) is 9.78 Å². The standard InChI is InChI=1S/C8H13ClN2/c1-3-4-5-11-7(2)8(9)6-10-11/h6H,3-5H2,1-2H3. The first-order valence-corrected chi connectivity index (χ1v) is 4.31. The van der Waals surface area contributed by atoms with E-state index in [-0.39, 0.29) is 0 Å². The monoisotopic (exact) mass is 172 g/mol. The van der Waals surface area contributed by atoms with Crippen LogP contribution in [0.1, 0.15) is 25.5 Å². The lowest BCUT2D eigenvalue weighted by Crippen LogP contribution is -2.01. The molecule has 1 aromatic heterocycles. The smallest absolute Gasteiger partial charge is 0.0814 e. The number of halogens is 1. The molecule has 1 heterocycles. The first kappa shape index (κ1) is 8.60. The summed E-state index contributed by atoms with van der Waals surface area (Å²) < 4.78 is 1.95. The van der Waals surface area contributed by atoms with Gasteiger partial charge in [0.15, 0.2) is 0 Å². The van der Waals surface area contributed by atoms with Gasteiger partial charge in [0.25, 0.3) is 0 Å². The van der Waals surface area contributed by atoms with Crippen molar-refractivity contribution in [3.8, 4) is 0 Å². The second kappa shape index (κ2) is 3.77. The predicted octanol–water partition coefficient (Wildman–Crippen LogP) is 2.65. The topological polar surface area (TPSA) is 17.8 Å². The lowest BCUT2D eigenvalue weighted by molar-refractivity contribution is 0.559. The number of hydrogen-bond acceptors (Lipinski definition) is 1. The van der Waals surface area contributed by atoms with Gasteiger partial charge >= 0.3 is 0 Å². The summed E-state index contributed by atoms with van der Waals surface area (Å²) >= 11 is 5.82. The molecule has 0 amide bonds. The fraction of sp³-hybridized carbons (Fsp3) is 0.625. The summed E-state index contributed by atoms with van der Waals surface area (Å²) in [4.78, 5) is 0. The molecule has 0 saturated carbocycles. The summed E-state index contributed by atoms with van der Waals surface area (Å²) in [6.45, 7) is 5.14. The molecule has 2 nitrogen and oxygen atoms in total. The second-order valence-corrected chi connectivity index (χ2v) is 3.06. The lowest BCUT2D eigenvalue weighted by atomic mass is 10.3. The molecule has 0 aromatic carbocycles. The Morgan fingerprint density at radius 2 is 2.36 bits per heavy atom. The molecule has 0 unspecified atom stereocenters. The van der Waals surface area contributed by atoms with Crippen LogP contribution in [-0.2, 0) is 6.54 Å². The Hall–Kier alpha value is -0.500. The van der Waals surface area contributed by atoms with Crippen molar-refractivity contribution in [1.29, 1.82) is 0 Å². The second-order valence-electron chi connectivity index (χ2n) is 2.65. The van der Waals surface area contributed by atoms with Gasteiger partial charge in [0.05, 0.1) is 16.9 Å². The van der Waals surface area contributed by atoms with Gasteiger partial charge in [0, 0.05) is 6.54 Å². The van der Waals surface area contributed by atoms with Crippen LogP contribution < -0.4 is 0 Å². The molecular formula is C8H13ClN2. The molecule has 62 valence electrons. The largest absolute Gasteiger partial charge is 0.268 e. The van der Waals surface area contributed by atoms with Gasteiger partial charge in [0.2, 0.25) is 0 Å². The summed E-state index contributed by atoms with van der Waals surface area (Å²) in [5, 5.41) is 4.90. The molecule has 11 heavy (non-hydrogen) atoms. The van der Waals surface area contributed by atoms with Gasteiger partial charge in [-0.1, -0.05) is 24.9 Å². The van der Waals surface area contributed by atoms with Crippen molar-refractivity contribution in [2.45, 2.75) is 33.2 Å². The minimum absolute atomic E-state index is 0.765. The molecule has 0 saturated heterocycles. The van der Waals surface area contributed by atoms with Crippen LogP contribution in [0.5, 0.6) is 0 Å². The predicted molar refractivity (Wildman–Crippen MR) is 46.9 cm³/mol. The number of nitrogens with zero attached hydrogens (tertiary/aromatic N) is 2. The third-order valence-corrected chi connectivity index (χ3v) is 2.14. The molecule has 0 aliphatic heterocycles. The van der Waals surface area contributed by atoms with Crippen LogP contribution in [0.4, 0.5) is 0 Å². The Bertz CT molecular complexity index is 230. The fourth-order valence-corrected chi connectivity index (χ4v) is 1.10. The maximum atomic E-state index is 5.82. The van der Waals surface area contributed by atoms with Gasteiger partial charge < -0.3 is 0 Å². The highest BCUT2D eigenvalue weighted by Crippen LogP contribution is 2.13. The minimum Gasteiger partial charge on any atom is -0.268 e. The average Bonchev–Trinajstić information content (AvgIpc) is 2.31. The third kappa shape index (κ3) is 1.96. The molecule has 0 aliphatic carbocycles. The van der Waals surface area contributed by atoms with Gasteiger partial charge in [0.1, 0.15) is 0 Å². The highest BCUT2D eigenvalue weighted by atomic mass is 35.5. The van der Waals surface area contributed by atoms with Crippen molar-refractivity contribution < 1.29 is 0 Å². The number of aryl methyl sites for hydroxylation is 1. The van der Waals surface area contributed by atoms with Crippen LogP contribution in [0.25, 0.3) is 0 Å². The first-order valence-electron chi connectivity index (χ1n) is 3.93. The first-order chi connectivity index (χ1) is 5.25. The Labute approximate surface area is 72.2 Å². The molecule has 0 N–H and O–H groups in total. The van der Waals surface area contributed by atoms with Gasteiger partial charge in [-0.2, -0.15) is 5.10 Å². The number of hydrogen-bond donors (Lipinski definition) is 0. The highest BCUT2D eigenvalue weighted by Gasteiger charge is 2.01. The molecule has 1 aromatic rings. The van der Waals surface area contributed by atoms with E-state index in [1.54, 1.807) is 6.20 Å². The van der Waals surface area contributed by atoms with Gasteiger partial charge in [-0.05, 0) is 13.3 Å². The summed E-state index contributed by atoms with van der Waals surface area (Å²) in [7, 11) is 0. The van der Waals surface area contributed by atoms with Gasteiger partial charge in [-0.3, -0.25) is 4.68 Å². The van der Waals surface area contributed by atoms with Crippen molar-refractivity contribution in [3.63, 3.8) is 0 Å². The summed E-state index contributed by atoms with van der Waals surface area (Å²) in [6, 6.07) is 0. The molecular weight excluding hydrogens is 160 g/mol. The van der Waals surface area contributed by atoms with Crippen LogP contribution in [-0.4, -0.2) is 9.78 Å². The number of rotatable bonds is 3. The van der Waals surface area contributed by atoms with Crippen molar-refractivity contribution in [3.05, 3.63) is 16.9 Å². The van der Waals surface area contributed by atoms with E-state index in [0.29, 0.717) is 0 Å². The van der Waals surface area contributed by atoms with Crippen molar-refractivity contribution >= 4 is 11.6 Å². The average molecular weight is 173 g/mol. The zero-order valence-electron chi connectivity index (χ0n) is 6.97. The minimum atomic E-state index is 0.765. The summed E-state index contributed by atoms with van der Waals surface area (Å²) in [5.74, 6) is 0. The van der Waals surface area contributed by atoms with Gasteiger partial charge in [-0.25, -0.2) is 0 Å². The van der Waals surface area contributed by atoms with Crippen LogP contribution in [0.3, 0.4) is 0 Å². The molecule has 0 radical (unpaired) electrons. The Morgan fingerprint density at radius 1 is 1.64 bits per heavy atom. The van der Waals surface area contributed by atoms with E-state index in [2.05, 4.69) is 12.0 Å². The van der Waals surface area contributed by atoms with E-state index in [4.69, 9.17) is 11.6 Å². The summed E-state index contributed by atoms with van der Waals surface area (Å²) in [5.41, 5.74) is 1.07. The Morgan fingerprint density at radius 3 is 2.82 bits per heavy atom. The number of unbranched alkanes of at least 4 members (excludes halogenated alkanes) is 1. The quantitative estimate of drug-likeness (QED) is 0.686. The molecule has 0 spiro atoms. The molecule has 0 atom stereocenters. The fourth-order valence-electron chi connectivity index (χ4n) is 0.957. The number of aromatic nitrogens is 2. The van der Waals surface area contributed by atoms with Crippen LogP contribution in [0.2, 0.25) is 5.02 Å². The zero-order chi connectivity index (χ0) is 8.27. The van der Waals surface area contributed by atoms with E-state index >= 15 is 0 Å². The maximum absolute atomic E-state index is 5.82. The SMILES string of the molecule is CCCCn1ncc(Cl)c1C. The molecule has 0 fully saturated rings. The van der Waals surface area contributed by atoms with Crippen LogP contribution in [0.15, 0.2) is 6.20 Å². The van der Waals surface area contributed by atoms with Crippen LogP contribution >= 0.6 is 11.6 Å². The van der Waals surface area contributed by atoms with Gasteiger partial charge in [-0.15, -0.1) is 0 Å². The van der Waals surface area contributed by atoms with E-state index in [1.165, 1.54) is 12.8 Å². The highest BCUT2D eigenvalue weighted by molar-refractivity contribution is 6.31. The van der Waals surface area contributed by atoms with E-state index in [9.17, 15) is 0 Å². The maximum Gasteiger partial charge on any atom is 0.0814 e. The molecule has 1 rings (SSSR count). The van der Waals surface area contributed by atoms with E-state index < -0.39 is 0 Å². The van der Waals surface area contributed by atoms with E-state index in [1.807, 2.05) is 11.6 Å². The normalized spacial score (nSPS) is 10.5. The molecule has 0 bridgehead atoms. The van der Waals surface area contributed by atoms with Crippen molar-refractivity contribution in [2.24, 2.45) is 0 Å².